The van der Waals surface area contributed by atoms with Gasteiger partial charge in [0.15, 0.2) is 6.10 Å². The average molecular weight is 451 g/mol. The van der Waals surface area contributed by atoms with Gasteiger partial charge in [-0.3, -0.25) is 4.79 Å². The predicted octanol–water partition coefficient (Wildman–Crippen LogP) is 6.09. The van der Waals surface area contributed by atoms with Crippen molar-refractivity contribution in [1.29, 1.82) is 0 Å². The van der Waals surface area contributed by atoms with Crippen LogP contribution in [0.15, 0.2) is 47.6 Å². The first-order valence-electron chi connectivity index (χ1n) is 9.81. The second kappa shape index (κ2) is 9.36. The molecule has 1 aliphatic rings. The van der Waals surface area contributed by atoms with Crippen molar-refractivity contribution in [3.8, 4) is 0 Å². The summed E-state index contributed by atoms with van der Waals surface area (Å²) in [4.78, 5) is 20.3. The van der Waals surface area contributed by atoms with Crippen molar-refractivity contribution >= 4 is 34.8 Å². The Hall–Kier alpha value is -2.11. The van der Waals surface area contributed by atoms with Crippen molar-refractivity contribution in [2.75, 3.05) is 6.54 Å². The molecule has 160 valence electrons. The van der Waals surface area contributed by atoms with Gasteiger partial charge in [0, 0.05) is 24.9 Å². The molecular weight excluding hydrogens is 426 g/mol. The fourth-order valence-corrected chi connectivity index (χ4v) is 3.59. The lowest BCUT2D eigenvalue weighted by Gasteiger charge is -2.28. The number of carbonyl (C=O) groups excluding carboxylic acids is 1. The van der Waals surface area contributed by atoms with E-state index in [2.05, 4.69) is 5.16 Å². The molecule has 0 bridgehead atoms. The second-order valence-electron chi connectivity index (χ2n) is 8.74. The van der Waals surface area contributed by atoms with Crippen LogP contribution < -0.4 is 0 Å². The molecule has 3 rings (SSSR count). The Morgan fingerprint density at radius 2 is 1.97 bits per heavy atom. The zero-order valence-corrected chi connectivity index (χ0v) is 18.8. The molecular formula is C23H25Cl2FN2O2. The van der Waals surface area contributed by atoms with Crippen LogP contribution in [0.4, 0.5) is 4.39 Å². The maximum absolute atomic E-state index is 13.6. The van der Waals surface area contributed by atoms with Gasteiger partial charge in [0.2, 0.25) is 5.91 Å². The summed E-state index contributed by atoms with van der Waals surface area (Å²) < 4.78 is 13.6. The fourth-order valence-electron chi connectivity index (χ4n) is 3.29. The van der Waals surface area contributed by atoms with Crippen LogP contribution in [0.3, 0.4) is 0 Å². The van der Waals surface area contributed by atoms with Crippen molar-refractivity contribution < 1.29 is 14.0 Å². The molecule has 0 aromatic heterocycles. The summed E-state index contributed by atoms with van der Waals surface area (Å²) >= 11 is 12.1. The van der Waals surface area contributed by atoms with Crippen LogP contribution >= 0.6 is 23.2 Å². The molecule has 7 heteroatoms. The lowest BCUT2D eigenvalue weighted by molar-refractivity contribution is -0.135. The monoisotopic (exact) mass is 450 g/mol. The predicted molar refractivity (Wildman–Crippen MR) is 118 cm³/mol. The van der Waals surface area contributed by atoms with Crippen LogP contribution in [0.25, 0.3) is 0 Å². The summed E-state index contributed by atoms with van der Waals surface area (Å²) in [7, 11) is 0. The van der Waals surface area contributed by atoms with Gasteiger partial charge in [-0.1, -0.05) is 67.3 Å². The van der Waals surface area contributed by atoms with E-state index in [1.54, 1.807) is 23.1 Å². The number of hydrogen-bond acceptors (Lipinski definition) is 3. The van der Waals surface area contributed by atoms with Gasteiger partial charge >= 0.3 is 0 Å². The number of nitrogens with zero attached hydrogens (tertiary/aromatic N) is 2. The smallest absolute Gasteiger partial charge is 0.223 e. The minimum Gasteiger partial charge on any atom is -0.390 e. The fraction of sp³-hybridized carbons (Fsp3) is 0.391. The number of rotatable bonds is 6. The lowest BCUT2D eigenvalue weighted by atomic mass is 9.91. The van der Waals surface area contributed by atoms with Crippen molar-refractivity contribution in [1.82, 2.24) is 4.90 Å². The summed E-state index contributed by atoms with van der Waals surface area (Å²) in [5.74, 6) is -0.323. The van der Waals surface area contributed by atoms with E-state index in [1.807, 2.05) is 32.9 Å². The highest BCUT2D eigenvalue weighted by Gasteiger charge is 2.29. The first kappa shape index (κ1) is 22.6. The third kappa shape index (κ3) is 6.19. The number of carbonyl (C=O) groups is 1. The number of halogens is 3. The molecule has 1 atom stereocenters. The minimum atomic E-state index is -0.321. The quantitative estimate of drug-likeness (QED) is 0.533. The first-order valence-corrected chi connectivity index (χ1v) is 10.6. The lowest BCUT2D eigenvalue weighted by Crippen LogP contribution is -2.38. The van der Waals surface area contributed by atoms with Crippen LogP contribution in [0.1, 0.15) is 44.7 Å². The van der Waals surface area contributed by atoms with Gasteiger partial charge in [0.1, 0.15) is 5.82 Å². The molecule has 1 amide bonds. The molecule has 1 heterocycles. The van der Waals surface area contributed by atoms with Crippen molar-refractivity contribution in [3.05, 3.63) is 69.5 Å². The van der Waals surface area contributed by atoms with Crippen molar-refractivity contribution in [2.24, 2.45) is 10.6 Å². The molecule has 2 aromatic carbocycles. The van der Waals surface area contributed by atoms with E-state index < -0.39 is 0 Å². The van der Waals surface area contributed by atoms with Crippen molar-refractivity contribution in [2.45, 2.75) is 46.3 Å². The van der Waals surface area contributed by atoms with E-state index in [9.17, 15) is 9.18 Å². The molecule has 0 saturated heterocycles. The minimum absolute atomic E-state index is 0.00153. The van der Waals surface area contributed by atoms with E-state index >= 15 is 0 Å². The molecule has 2 aromatic rings. The molecule has 0 N–H and O–H groups in total. The molecule has 1 unspecified atom stereocenters. The molecule has 0 saturated carbocycles. The van der Waals surface area contributed by atoms with Crippen LogP contribution in [0.5, 0.6) is 0 Å². The van der Waals surface area contributed by atoms with Gasteiger partial charge in [-0.15, -0.1) is 0 Å². The Morgan fingerprint density at radius 3 is 2.63 bits per heavy atom. The Bertz CT molecular complexity index is 956. The van der Waals surface area contributed by atoms with E-state index in [1.165, 1.54) is 12.1 Å². The van der Waals surface area contributed by atoms with Crippen LogP contribution in [0, 0.1) is 11.2 Å². The molecule has 0 spiro atoms. The first-order chi connectivity index (χ1) is 14.1. The maximum atomic E-state index is 13.6. The van der Waals surface area contributed by atoms with E-state index in [0.717, 1.165) is 16.8 Å². The van der Waals surface area contributed by atoms with Crippen molar-refractivity contribution in [3.63, 3.8) is 0 Å². The van der Waals surface area contributed by atoms with Gasteiger partial charge < -0.3 is 9.74 Å². The standard InChI is InChI=1S/C23H25Cl2FN2O2/c1-23(2,3)12-22(29)28(13-15-5-4-6-17(26)9-15)14-18-11-21(27-30-18)16-7-8-19(24)20(25)10-16/h4-10,18H,11-14H2,1-3H3. The number of benzene rings is 2. The van der Waals surface area contributed by atoms with Gasteiger partial charge in [-0.2, -0.15) is 0 Å². The Balaban J connectivity index is 1.71. The zero-order valence-electron chi connectivity index (χ0n) is 17.3. The van der Waals surface area contributed by atoms with Gasteiger partial charge in [0.25, 0.3) is 0 Å². The van der Waals surface area contributed by atoms with E-state index in [-0.39, 0.29) is 23.2 Å². The molecule has 30 heavy (non-hydrogen) atoms. The second-order valence-corrected chi connectivity index (χ2v) is 9.55. The molecule has 4 nitrogen and oxygen atoms in total. The highest BCUT2D eigenvalue weighted by molar-refractivity contribution is 6.42. The summed E-state index contributed by atoms with van der Waals surface area (Å²) in [6.07, 6.45) is 0.641. The Morgan fingerprint density at radius 1 is 1.20 bits per heavy atom. The molecule has 1 aliphatic heterocycles. The summed E-state index contributed by atoms with van der Waals surface area (Å²) in [5, 5.41) is 5.11. The number of amides is 1. The number of oxime groups is 1. The number of hydrogen-bond donors (Lipinski definition) is 0. The average Bonchev–Trinajstić information content (AvgIpc) is 3.11. The summed E-state index contributed by atoms with van der Waals surface area (Å²) in [5.41, 5.74) is 2.17. The highest BCUT2D eigenvalue weighted by atomic mass is 35.5. The normalized spacial score (nSPS) is 16.2. The third-order valence-electron chi connectivity index (χ3n) is 4.71. The maximum Gasteiger partial charge on any atom is 0.223 e. The highest BCUT2D eigenvalue weighted by Crippen LogP contribution is 2.27. The van der Waals surface area contributed by atoms with Crippen LogP contribution in [-0.2, 0) is 16.2 Å². The zero-order chi connectivity index (χ0) is 21.9. The SMILES string of the molecule is CC(C)(C)CC(=O)N(Cc1cccc(F)c1)CC1CC(c2ccc(Cl)c(Cl)c2)=NO1. The van der Waals surface area contributed by atoms with Crippen LogP contribution in [0.2, 0.25) is 10.0 Å². The molecule has 0 fully saturated rings. The van der Waals surface area contributed by atoms with Crippen LogP contribution in [-0.4, -0.2) is 29.2 Å². The van der Waals surface area contributed by atoms with E-state index in [4.69, 9.17) is 28.0 Å². The van der Waals surface area contributed by atoms with Gasteiger partial charge in [-0.05, 0) is 35.2 Å². The summed E-state index contributed by atoms with van der Waals surface area (Å²) in [6.45, 7) is 6.73. The summed E-state index contributed by atoms with van der Waals surface area (Å²) in [6, 6.07) is 11.6. The topological polar surface area (TPSA) is 41.9 Å². The molecule has 0 aliphatic carbocycles. The van der Waals surface area contributed by atoms with Gasteiger partial charge in [0.05, 0.1) is 22.3 Å². The van der Waals surface area contributed by atoms with E-state index in [0.29, 0.717) is 36.0 Å². The Labute approximate surface area is 186 Å². The molecule has 0 radical (unpaired) electrons. The van der Waals surface area contributed by atoms with Gasteiger partial charge in [-0.25, -0.2) is 4.39 Å². The third-order valence-corrected chi connectivity index (χ3v) is 5.45. The Kier molecular flexibility index (Phi) is 7.04. The largest absolute Gasteiger partial charge is 0.390 e.